The number of hydrogen-bond acceptors (Lipinski definition) is 2. The van der Waals surface area contributed by atoms with Crippen LogP contribution in [0.1, 0.15) is 18.1 Å². The number of rotatable bonds is 3. The van der Waals surface area contributed by atoms with Gasteiger partial charge in [-0.2, -0.15) is 0 Å². The lowest BCUT2D eigenvalue weighted by Gasteiger charge is -2.04. The summed E-state index contributed by atoms with van der Waals surface area (Å²) in [5.41, 5.74) is 2.50. The molecule has 0 aliphatic rings. The minimum Gasteiger partial charge on any atom is -0.288 e. The molecule has 70 valence electrons. The van der Waals surface area contributed by atoms with Gasteiger partial charge >= 0.3 is 0 Å². The standard InChI is InChI=1S/C10H11BrOS/c1-8(12)13-7-10-5-3-2-4-9(10)6-11/h2-5H,6-7H2,1H3. The van der Waals surface area contributed by atoms with E-state index in [1.54, 1.807) is 6.92 Å². The zero-order valence-electron chi connectivity index (χ0n) is 7.42. The van der Waals surface area contributed by atoms with E-state index in [2.05, 4.69) is 28.1 Å². The topological polar surface area (TPSA) is 17.1 Å². The van der Waals surface area contributed by atoms with Crippen LogP contribution in [0.15, 0.2) is 24.3 Å². The van der Waals surface area contributed by atoms with Gasteiger partial charge in [-0.15, -0.1) is 0 Å². The third-order valence-electron chi connectivity index (χ3n) is 1.69. The Labute approximate surface area is 91.0 Å². The molecular weight excluding hydrogens is 248 g/mol. The zero-order valence-corrected chi connectivity index (χ0v) is 9.82. The van der Waals surface area contributed by atoms with E-state index in [0.29, 0.717) is 0 Å². The van der Waals surface area contributed by atoms with Crippen molar-refractivity contribution in [3.05, 3.63) is 35.4 Å². The molecule has 0 saturated carbocycles. The largest absolute Gasteiger partial charge is 0.288 e. The van der Waals surface area contributed by atoms with E-state index in [0.717, 1.165) is 11.1 Å². The van der Waals surface area contributed by atoms with Gasteiger partial charge in [-0.05, 0) is 11.1 Å². The Hall–Kier alpha value is -0.280. The molecule has 1 aromatic rings. The smallest absolute Gasteiger partial charge is 0.186 e. The first kappa shape index (κ1) is 10.8. The average molecular weight is 259 g/mol. The van der Waals surface area contributed by atoms with Gasteiger partial charge in [-0.25, -0.2) is 0 Å². The molecule has 1 aromatic carbocycles. The van der Waals surface area contributed by atoms with E-state index in [-0.39, 0.29) is 5.12 Å². The normalized spacial score (nSPS) is 10.0. The third-order valence-corrected chi connectivity index (χ3v) is 3.16. The average Bonchev–Trinajstić information content (AvgIpc) is 2.15. The van der Waals surface area contributed by atoms with Crippen molar-refractivity contribution in [2.75, 3.05) is 0 Å². The highest BCUT2D eigenvalue weighted by Crippen LogP contribution is 2.18. The molecule has 13 heavy (non-hydrogen) atoms. The van der Waals surface area contributed by atoms with Gasteiger partial charge in [0.05, 0.1) is 0 Å². The van der Waals surface area contributed by atoms with Crippen LogP contribution in [0, 0.1) is 0 Å². The van der Waals surface area contributed by atoms with Crippen LogP contribution in [0.3, 0.4) is 0 Å². The minimum absolute atomic E-state index is 0.171. The molecule has 0 bridgehead atoms. The van der Waals surface area contributed by atoms with Crippen LogP contribution in [-0.4, -0.2) is 5.12 Å². The first-order chi connectivity index (χ1) is 6.24. The van der Waals surface area contributed by atoms with Crippen molar-refractivity contribution in [1.29, 1.82) is 0 Å². The Bertz CT molecular complexity index is 299. The van der Waals surface area contributed by atoms with E-state index < -0.39 is 0 Å². The molecular formula is C10H11BrOS. The van der Waals surface area contributed by atoms with Crippen LogP contribution >= 0.6 is 27.7 Å². The first-order valence-electron chi connectivity index (χ1n) is 4.00. The predicted octanol–water partition coefficient (Wildman–Crippen LogP) is 3.36. The molecule has 1 rings (SSSR count). The molecule has 0 heterocycles. The number of alkyl halides is 1. The van der Waals surface area contributed by atoms with Crippen molar-refractivity contribution in [3.8, 4) is 0 Å². The van der Waals surface area contributed by atoms with Gasteiger partial charge in [-0.3, -0.25) is 4.79 Å². The van der Waals surface area contributed by atoms with Gasteiger partial charge in [-0.1, -0.05) is 52.0 Å². The Morgan fingerprint density at radius 1 is 1.38 bits per heavy atom. The van der Waals surface area contributed by atoms with E-state index in [1.165, 1.54) is 22.9 Å². The van der Waals surface area contributed by atoms with E-state index >= 15 is 0 Å². The molecule has 0 unspecified atom stereocenters. The number of benzene rings is 1. The minimum atomic E-state index is 0.171. The number of thioether (sulfide) groups is 1. The van der Waals surface area contributed by atoms with Gasteiger partial charge in [0.2, 0.25) is 0 Å². The highest BCUT2D eigenvalue weighted by atomic mass is 79.9. The van der Waals surface area contributed by atoms with Crippen LogP contribution < -0.4 is 0 Å². The number of halogens is 1. The molecule has 0 atom stereocenters. The molecule has 0 fully saturated rings. The summed E-state index contributed by atoms with van der Waals surface area (Å²) in [6.07, 6.45) is 0. The summed E-state index contributed by atoms with van der Waals surface area (Å²) in [7, 11) is 0. The van der Waals surface area contributed by atoms with Crippen molar-refractivity contribution in [3.63, 3.8) is 0 Å². The molecule has 0 aliphatic carbocycles. The number of hydrogen-bond donors (Lipinski definition) is 0. The summed E-state index contributed by atoms with van der Waals surface area (Å²) < 4.78 is 0. The Balaban J connectivity index is 2.69. The Morgan fingerprint density at radius 3 is 2.54 bits per heavy atom. The summed E-state index contributed by atoms with van der Waals surface area (Å²) in [5, 5.41) is 1.02. The third kappa shape index (κ3) is 3.53. The fourth-order valence-electron chi connectivity index (χ4n) is 1.01. The molecule has 0 spiro atoms. The summed E-state index contributed by atoms with van der Waals surface area (Å²) in [4.78, 5) is 10.8. The van der Waals surface area contributed by atoms with Crippen LogP contribution in [0.25, 0.3) is 0 Å². The molecule has 0 amide bonds. The second-order valence-electron chi connectivity index (χ2n) is 2.68. The van der Waals surface area contributed by atoms with Crippen molar-refractivity contribution in [2.24, 2.45) is 0 Å². The van der Waals surface area contributed by atoms with Gasteiger partial charge in [0, 0.05) is 18.0 Å². The summed E-state index contributed by atoms with van der Waals surface area (Å²) in [6, 6.07) is 8.15. The molecule has 0 aromatic heterocycles. The maximum absolute atomic E-state index is 10.8. The van der Waals surface area contributed by atoms with Gasteiger partial charge in [0.25, 0.3) is 0 Å². The van der Waals surface area contributed by atoms with E-state index in [4.69, 9.17) is 0 Å². The maximum atomic E-state index is 10.8. The maximum Gasteiger partial charge on any atom is 0.186 e. The fourth-order valence-corrected chi connectivity index (χ4v) is 2.20. The SMILES string of the molecule is CC(=O)SCc1ccccc1CBr. The Morgan fingerprint density at radius 2 is 2.00 bits per heavy atom. The van der Waals surface area contributed by atoms with Crippen LogP contribution in [-0.2, 0) is 15.9 Å². The summed E-state index contributed by atoms with van der Waals surface area (Å²) in [5.74, 6) is 0.775. The van der Waals surface area contributed by atoms with Crippen LogP contribution in [0.4, 0.5) is 0 Å². The fraction of sp³-hybridized carbons (Fsp3) is 0.300. The van der Waals surface area contributed by atoms with Crippen molar-refractivity contribution >= 4 is 32.8 Å². The highest BCUT2D eigenvalue weighted by molar-refractivity contribution is 9.08. The van der Waals surface area contributed by atoms with Crippen molar-refractivity contribution < 1.29 is 4.79 Å². The highest BCUT2D eigenvalue weighted by Gasteiger charge is 2.01. The lowest BCUT2D eigenvalue weighted by atomic mass is 10.1. The molecule has 0 N–H and O–H groups in total. The van der Waals surface area contributed by atoms with Crippen LogP contribution in [0.5, 0.6) is 0 Å². The van der Waals surface area contributed by atoms with Gasteiger partial charge in [0.15, 0.2) is 5.12 Å². The van der Waals surface area contributed by atoms with E-state index in [9.17, 15) is 4.79 Å². The number of carbonyl (C=O) groups is 1. The second kappa shape index (κ2) is 5.45. The van der Waals surface area contributed by atoms with E-state index in [1.807, 2.05) is 12.1 Å². The molecule has 0 saturated heterocycles. The zero-order chi connectivity index (χ0) is 9.68. The van der Waals surface area contributed by atoms with Crippen molar-refractivity contribution in [1.82, 2.24) is 0 Å². The molecule has 0 aliphatic heterocycles. The summed E-state index contributed by atoms with van der Waals surface area (Å²) in [6.45, 7) is 1.60. The predicted molar refractivity (Wildman–Crippen MR) is 61.0 cm³/mol. The molecule has 0 radical (unpaired) electrons. The van der Waals surface area contributed by atoms with Crippen LogP contribution in [0.2, 0.25) is 0 Å². The molecule has 1 nitrogen and oxygen atoms in total. The van der Waals surface area contributed by atoms with Gasteiger partial charge in [0.1, 0.15) is 0 Å². The lowest BCUT2D eigenvalue weighted by Crippen LogP contribution is -1.90. The number of carbonyl (C=O) groups excluding carboxylic acids is 1. The second-order valence-corrected chi connectivity index (χ2v) is 4.40. The summed E-state index contributed by atoms with van der Waals surface area (Å²) >= 11 is 4.78. The molecule has 3 heteroatoms. The quantitative estimate of drug-likeness (QED) is 0.774. The van der Waals surface area contributed by atoms with Gasteiger partial charge < -0.3 is 0 Å². The van der Waals surface area contributed by atoms with Crippen molar-refractivity contribution in [2.45, 2.75) is 18.0 Å². The first-order valence-corrected chi connectivity index (χ1v) is 6.11. The lowest BCUT2D eigenvalue weighted by molar-refractivity contribution is -0.109. The monoisotopic (exact) mass is 258 g/mol. The Kier molecular flexibility index (Phi) is 4.53.